The lowest BCUT2D eigenvalue weighted by atomic mass is 10.2. The number of halogens is 3. The van der Waals surface area contributed by atoms with E-state index in [1.807, 2.05) is 0 Å². The van der Waals surface area contributed by atoms with Gasteiger partial charge in [0.25, 0.3) is 0 Å². The molecule has 2 rings (SSSR count). The summed E-state index contributed by atoms with van der Waals surface area (Å²) in [5.41, 5.74) is 5.42. The van der Waals surface area contributed by atoms with Crippen molar-refractivity contribution in [2.45, 2.75) is 12.8 Å². The standard InChI is InChI=1S/C11H9F3N2OS/c12-11(13,14)7-1-3-8(4-2-7)17-6-10-9(15)5-16-18-10/h1-5H,6,15H2. The van der Waals surface area contributed by atoms with E-state index in [-0.39, 0.29) is 6.61 Å². The summed E-state index contributed by atoms with van der Waals surface area (Å²) in [7, 11) is 0. The highest BCUT2D eigenvalue weighted by molar-refractivity contribution is 7.06. The number of anilines is 1. The summed E-state index contributed by atoms with van der Waals surface area (Å²) in [6.45, 7) is 0.196. The van der Waals surface area contributed by atoms with Gasteiger partial charge in [0.1, 0.15) is 12.4 Å². The van der Waals surface area contributed by atoms with E-state index in [2.05, 4.69) is 4.37 Å². The molecule has 0 aliphatic heterocycles. The number of hydrogen-bond donors (Lipinski definition) is 1. The molecule has 0 saturated heterocycles. The van der Waals surface area contributed by atoms with Crippen molar-refractivity contribution >= 4 is 17.2 Å². The highest BCUT2D eigenvalue weighted by Crippen LogP contribution is 2.30. The predicted octanol–water partition coefficient (Wildman–Crippen LogP) is 3.32. The minimum absolute atomic E-state index is 0.196. The number of nitrogens with two attached hydrogens (primary N) is 1. The van der Waals surface area contributed by atoms with E-state index in [9.17, 15) is 13.2 Å². The molecule has 0 amide bonds. The van der Waals surface area contributed by atoms with E-state index < -0.39 is 11.7 Å². The van der Waals surface area contributed by atoms with Crippen LogP contribution in [0.4, 0.5) is 18.9 Å². The molecule has 0 radical (unpaired) electrons. The van der Waals surface area contributed by atoms with Gasteiger partial charge in [-0.15, -0.1) is 0 Å². The van der Waals surface area contributed by atoms with Gasteiger partial charge in [0.05, 0.1) is 22.3 Å². The minimum Gasteiger partial charge on any atom is -0.488 e. The summed E-state index contributed by atoms with van der Waals surface area (Å²) in [6, 6.07) is 4.51. The summed E-state index contributed by atoms with van der Waals surface area (Å²) in [6.07, 6.45) is -2.82. The van der Waals surface area contributed by atoms with Crippen LogP contribution in [-0.4, -0.2) is 4.37 Å². The van der Waals surface area contributed by atoms with Crippen LogP contribution in [0.5, 0.6) is 5.75 Å². The Morgan fingerprint density at radius 1 is 1.22 bits per heavy atom. The number of hydrogen-bond acceptors (Lipinski definition) is 4. The molecule has 0 unspecified atom stereocenters. The van der Waals surface area contributed by atoms with Gasteiger partial charge in [0, 0.05) is 0 Å². The Morgan fingerprint density at radius 3 is 2.39 bits per heavy atom. The van der Waals surface area contributed by atoms with Gasteiger partial charge in [0.2, 0.25) is 0 Å². The first kappa shape index (κ1) is 12.7. The lowest BCUT2D eigenvalue weighted by molar-refractivity contribution is -0.137. The van der Waals surface area contributed by atoms with Crippen molar-refractivity contribution in [1.29, 1.82) is 0 Å². The van der Waals surface area contributed by atoms with Crippen molar-refractivity contribution in [2.24, 2.45) is 0 Å². The van der Waals surface area contributed by atoms with Gasteiger partial charge in [-0.3, -0.25) is 0 Å². The van der Waals surface area contributed by atoms with E-state index in [1.54, 1.807) is 0 Å². The van der Waals surface area contributed by atoms with Crippen LogP contribution in [-0.2, 0) is 12.8 Å². The first-order valence-electron chi connectivity index (χ1n) is 4.96. The largest absolute Gasteiger partial charge is 0.488 e. The van der Waals surface area contributed by atoms with Crippen LogP contribution in [0.25, 0.3) is 0 Å². The van der Waals surface area contributed by atoms with E-state index in [0.29, 0.717) is 11.4 Å². The number of benzene rings is 1. The summed E-state index contributed by atoms with van der Waals surface area (Å²) in [5, 5.41) is 0. The Hall–Kier alpha value is -1.76. The number of nitrogens with zero attached hydrogens (tertiary/aromatic N) is 1. The second-order valence-corrected chi connectivity index (χ2v) is 4.40. The van der Waals surface area contributed by atoms with Gasteiger partial charge >= 0.3 is 6.18 Å². The maximum atomic E-state index is 12.3. The number of ether oxygens (including phenoxy) is 1. The van der Waals surface area contributed by atoms with Crippen molar-refractivity contribution in [3.8, 4) is 5.75 Å². The topological polar surface area (TPSA) is 48.1 Å². The van der Waals surface area contributed by atoms with Crippen molar-refractivity contribution in [1.82, 2.24) is 4.37 Å². The van der Waals surface area contributed by atoms with Gasteiger partial charge in [-0.2, -0.15) is 17.5 Å². The number of alkyl halides is 3. The molecule has 2 aromatic rings. The SMILES string of the molecule is Nc1cnsc1COc1ccc(C(F)(F)F)cc1. The number of nitrogen functional groups attached to an aromatic ring is 1. The average Bonchev–Trinajstić information content (AvgIpc) is 2.72. The van der Waals surface area contributed by atoms with Crippen LogP contribution in [0.1, 0.15) is 10.4 Å². The molecule has 0 saturated carbocycles. The Morgan fingerprint density at radius 2 is 1.89 bits per heavy atom. The van der Waals surface area contributed by atoms with Crippen LogP contribution in [0.15, 0.2) is 30.5 Å². The maximum absolute atomic E-state index is 12.3. The lowest BCUT2D eigenvalue weighted by Crippen LogP contribution is -2.04. The zero-order valence-electron chi connectivity index (χ0n) is 9.07. The molecule has 1 heterocycles. The van der Waals surface area contributed by atoms with Gasteiger partial charge < -0.3 is 10.5 Å². The molecule has 96 valence electrons. The quantitative estimate of drug-likeness (QED) is 0.934. The van der Waals surface area contributed by atoms with Crippen LogP contribution >= 0.6 is 11.5 Å². The molecule has 1 aromatic heterocycles. The fraction of sp³-hybridized carbons (Fsp3) is 0.182. The van der Waals surface area contributed by atoms with Crippen molar-refractivity contribution in [3.05, 3.63) is 40.9 Å². The van der Waals surface area contributed by atoms with E-state index >= 15 is 0 Å². The van der Waals surface area contributed by atoms with Gasteiger partial charge in [0.15, 0.2) is 0 Å². The zero-order valence-corrected chi connectivity index (χ0v) is 9.89. The van der Waals surface area contributed by atoms with E-state index in [1.165, 1.54) is 29.9 Å². The summed E-state index contributed by atoms with van der Waals surface area (Å²) < 4.78 is 46.1. The van der Waals surface area contributed by atoms with Crippen molar-refractivity contribution < 1.29 is 17.9 Å². The highest BCUT2D eigenvalue weighted by Gasteiger charge is 2.29. The molecule has 0 spiro atoms. The lowest BCUT2D eigenvalue weighted by Gasteiger charge is -2.08. The molecule has 0 bridgehead atoms. The fourth-order valence-corrected chi connectivity index (χ4v) is 1.83. The first-order chi connectivity index (χ1) is 8.47. The molecule has 0 aliphatic carbocycles. The zero-order chi connectivity index (χ0) is 13.2. The van der Waals surface area contributed by atoms with Crippen LogP contribution in [0.3, 0.4) is 0 Å². The molecule has 3 nitrogen and oxygen atoms in total. The van der Waals surface area contributed by atoms with E-state index in [0.717, 1.165) is 17.0 Å². The third-order valence-electron chi connectivity index (χ3n) is 2.23. The monoisotopic (exact) mass is 274 g/mol. The third-order valence-corrected chi connectivity index (χ3v) is 3.01. The Kier molecular flexibility index (Phi) is 3.42. The normalized spacial score (nSPS) is 11.5. The smallest absolute Gasteiger partial charge is 0.416 e. The molecular formula is C11H9F3N2OS. The molecule has 7 heteroatoms. The molecule has 0 aliphatic rings. The van der Waals surface area contributed by atoms with Gasteiger partial charge in [-0.05, 0) is 35.8 Å². The Labute approximate surface area is 105 Å². The molecular weight excluding hydrogens is 265 g/mol. The molecule has 18 heavy (non-hydrogen) atoms. The van der Waals surface area contributed by atoms with Crippen LogP contribution in [0.2, 0.25) is 0 Å². The van der Waals surface area contributed by atoms with E-state index in [4.69, 9.17) is 10.5 Å². The summed E-state index contributed by atoms with van der Waals surface area (Å²) in [5.74, 6) is 0.357. The molecule has 1 aromatic carbocycles. The highest BCUT2D eigenvalue weighted by atomic mass is 32.1. The third kappa shape index (κ3) is 2.92. The van der Waals surface area contributed by atoms with Crippen LogP contribution in [0, 0.1) is 0 Å². The fourth-order valence-electron chi connectivity index (χ4n) is 1.27. The summed E-state index contributed by atoms with van der Waals surface area (Å²) >= 11 is 1.20. The Bertz CT molecular complexity index is 522. The Balaban J connectivity index is 2.01. The van der Waals surface area contributed by atoms with Gasteiger partial charge in [-0.25, -0.2) is 0 Å². The molecule has 2 N–H and O–H groups in total. The van der Waals surface area contributed by atoms with Gasteiger partial charge in [-0.1, -0.05) is 0 Å². The number of aromatic nitrogens is 1. The average molecular weight is 274 g/mol. The predicted molar refractivity (Wildman–Crippen MR) is 62.3 cm³/mol. The van der Waals surface area contributed by atoms with Crippen molar-refractivity contribution in [3.63, 3.8) is 0 Å². The molecule has 0 atom stereocenters. The van der Waals surface area contributed by atoms with Crippen molar-refractivity contribution in [2.75, 3.05) is 5.73 Å². The second kappa shape index (κ2) is 4.85. The van der Waals surface area contributed by atoms with Crippen LogP contribution < -0.4 is 10.5 Å². The minimum atomic E-state index is -4.33. The maximum Gasteiger partial charge on any atom is 0.416 e. The summed E-state index contributed by atoms with van der Waals surface area (Å²) in [4.78, 5) is 0.745. The number of rotatable bonds is 3. The second-order valence-electron chi connectivity index (χ2n) is 3.52. The molecule has 0 fully saturated rings. The first-order valence-corrected chi connectivity index (χ1v) is 5.73.